The highest BCUT2D eigenvalue weighted by atomic mass is 19.1. The molecule has 88 valence electrons. The lowest BCUT2D eigenvalue weighted by Crippen LogP contribution is -2.21. The summed E-state index contributed by atoms with van der Waals surface area (Å²) in [4.78, 5) is 12.1. The SMILES string of the molecule is CCC1(F)C=CC(C(=O)c2ccccc2)=CC1. The van der Waals surface area contributed by atoms with Crippen molar-refractivity contribution < 1.29 is 9.18 Å². The predicted octanol–water partition coefficient (Wildman–Crippen LogP) is 3.87. The summed E-state index contributed by atoms with van der Waals surface area (Å²) in [5, 5.41) is 0. The number of allylic oxidation sites excluding steroid dienone is 4. The van der Waals surface area contributed by atoms with E-state index in [1.807, 2.05) is 25.1 Å². The number of carbonyl (C=O) groups excluding carboxylic acids is 1. The van der Waals surface area contributed by atoms with Crippen molar-refractivity contribution in [1.82, 2.24) is 0 Å². The molecular weight excluding hydrogens is 215 g/mol. The smallest absolute Gasteiger partial charge is 0.192 e. The van der Waals surface area contributed by atoms with Crippen molar-refractivity contribution in [3.05, 3.63) is 59.7 Å². The van der Waals surface area contributed by atoms with Crippen molar-refractivity contribution in [1.29, 1.82) is 0 Å². The van der Waals surface area contributed by atoms with E-state index in [2.05, 4.69) is 0 Å². The minimum absolute atomic E-state index is 0.0417. The van der Waals surface area contributed by atoms with Gasteiger partial charge < -0.3 is 0 Å². The topological polar surface area (TPSA) is 17.1 Å². The summed E-state index contributed by atoms with van der Waals surface area (Å²) in [6.07, 6.45) is 5.52. The molecule has 2 heteroatoms. The number of alkyl halides is 1. The Morgan fingerprint density at radius 1 is 1.35 bits per heavy atom. The Balaban J connectivity index is 2.17. The van der Waals surface area contributed by atoms with Gasteiger partial charge in [0, 0.05) is 17.6 Å². The maximum absolute atomic E-state index is 13.9. The Morgan fingerprint density at radius 3 is 2.59 bits per heavy atom. The molecule has 0 fully saturated rings. The molecule has 1 aliphatic carbocycles. The maximum atomic E-state index is 13.9. The van der Waals surface area contributed by atoms with Crippen LogP contribution in [0.15, 0.2) is 54.1 Å². The molecule has 0 spiro atoms. The van der Waals surface area contributed by atoms with Crippen molar-refractivity contribution in [2.24, 2.45) is 0 Å². The van der Waals surface area contributed by atoms with Crippen molar-refractivity contribution in [3.8, 4) is 0 Å². The number of Topliss-reactive ketones (excluding diaryl/α,β-unsaturated/α-hetero) is 1. The minimum atomic E-state index is -1.28. The van der Waals surface area contributed by atoms with Crippen LogP contribution in [0.1, 0.15) is 30.1 Å². The zero-order chi connectivity index (χ0) is 12.3. The van der Waals surface area contributed by atoms with Gasteiger partial charge in [0.15, 0.2) is 5.78 Å². The summed E-state index contributed by atoms with van der Waals surface area (Å²) in [6.45, 7) is 1.81. The maximum Gasteiger partial charge on any atom is 0.192 e. The quantitative estimate of drug-likeness (QED) is 0.720. The van der Waals surface area contributed by atoms with Gasteiger partial charge in [-0.3, -0.25) is 4.79 Å². The van der Waals surface area contributed by atoms with Gasteiger partial charge in [0.05, 0.1) is 0 Å². The van der Waals surface area contributed by atoms with E-state index in [-0.39, 0.29) is 12.2 Å². The third-order valence-corrected chi connectivity index (χ3v) is 3.11. The van der Waals surface area contributed by atoms with Gasteiger partial charge in [-0.05, 0) is 12.5 Å². The van der Waals surface area contributed by atoms with Crippen molar-refractivity contribution >= 4 is 5.78 Å². The van der Waals surface area contributed by atoms with E-state index in [0.29, 0.717) is 17.6 Å². The lowest BCUT2D eigenvalue weighted by molar-refractivity contribution is 0.103. The molecule has 1 atom stereocenters. The van der Waals surface area contributed by atoms with Crippen LogP contribution < -0.4 is 0 Å². The second-order valence-electron chi connectivity index (χ2n) is 4.28. The number of ketones is 1. The number of hydrogen-bond acceptors (Lipinski definition) is 1. The normalized spacial score (nSPS) is 23.3. The molecule has 0 radical (unpaired) electrons. The van der Waals surface area contributed by atoms with Gasteiger partial charge in [0.1, 0.15) is 5.67 Å². The fraction of sp³-hybridized carbons (Fsp3) is 0.267. The number of halogens is 1. The zero-order valence-electron chi connectivity index (χ0n) is 9.82. The molecule has 1 aromatic carbocycles. The molecule has 0 amide bonds. The van der Waals surface area contributed by atoms with Crippen LogP contribution in [-0.4, -0.2) is 11.5 Å². The van der Waals surface area contributed by atoms with E-state index in [1.54, 1.807) is 24.3 Å². The Labute approximate surface area is 101 Å². The van der Waals surface area contributed by atoms with Crippen LogP contribution in [0.5, 0.6) is 0 Å². The lowest BCUT2D eigenvalue weighted by atomic mass is 9.89. The molecule has 0 aromatic heterocycles. The van der Waals surface area contributed by atoms with E-state index in [4.69, 9.17) is 0 Å². The molecule has 1 unspecified atom stereocenters. The van der Waals surface area contributed by atoms with E-state index in [9.17, 15) is 9.18 Å². The summed E-state index contributed by atoms with van der Waals surface area (Å²) < 4.78 is 13.9. The molecular formula is C15H15FO. The zero-order valence-corrected chi connectivity index (χ0v) is 9.82. The van der Waals surface area contributed by atoms with Gasteiger partial charge in [-0.15, -0.1) is 0 Å². The van der Waals surface area contributed by atoms with Gasteiger partial charge in [-0.25, -0.2) is 4.39 Å². The van der Waals surface area contributed by atoms with Gasteiger partial charge in [-0.1, -0.05) is 49.4 Å². The Morgan fingerprint density at radius 2 is 2.06 bits per heavy atom. The molecule has 2 rings (SSSR count). The van der Waals surface area contributed by atoms with E-state index in [0.717, 1.165) is 0 Å². The molecule has 0 N–H and O–H groups in total. The third-order valence-electron chi connectivity index (χ3n) is 3.11. The fourth-order valence-electron chi connectivity index (χ4n) is 1.84. The molecule has 1 aromatic rings. The van der Waals surface area contributed by atoms with Crippen molar-refractivity contribution in [3.63, 3.8) is 0 Å². The highest BCUT2D eigenvalue weighted by Gasteiger charge is 2.26. The molecule has 1 aliphatic rings. The largest absolute Gasteiger partial charge is 0.289 e. The molecule has 0 heterocycles. The average Bonchev–Trinajstić information content (AvgIpc) is 2.40. The second-order valence-corrected chi connectivity index (χ2v) is 4.28. The van der Waals surface area contributed by atoms with Crippen LogP contribution in [0.25, 0.3) is 0 Å². The van der Waals surface area contributed by atoms with E-state index >= 15 is 0 Å². The first-order chi connectivity index (χ1) is 8.14. The van der Waals surface area contributed by atoms with Crippen LogP contribution in [-0.2, 0) is 0 Å². The highest BCUT2D eigenvalue weighted by Crippen LogP contribution is 2.29. The van der Waals surface area contributed by atoms with Gasteiger partial charge in [0.25, 0.3) is 0 Å². The molecule has 17 heavy (non-hydrogen) atoms. The standard InChI is InChI=1S/C15H15FO/c1-2-15(16)10-8-13(9-11-15)14(17)12-6-4-3-5-7-12/h3-10H,2,11H2,1H3. The van der Waals surface area contributed by atoms with Crippen LogP contribution in [0, 0.1) is 0 Å². The fourth-order valence-corrected chi connectivity index (χ4v) is 1.84. The molecule has 0 aliphatic heterocycles. The Kier molecular flexibility index (Phi) is 3.23. The van der Waals surface area contributed by atoms with Crippen molar-refractivity contribution in [2.75, 3.05) is 0 Å². The number of benzene rings is 1. The van der Waals surface area contributed by atoms with Gasteiger partial charge in [0.2, 0.25) is 0 Å². The first kappa shape index (κ1) is 11.8. The predicted molar refractivity (Wildman–Crippen MR) is 66.7 cm³/mol. The summed E-state index contributed by atoms with van der Waals surface area (Å²) in [6, 6.07) is 9.06. The average molecular weight is 230 g/mol. The first-order valence-corrected chi connectivity index (χ1v) is 5.83. The van der Waals surface area contributed by atoms with Gasteiger partial charge in [-0.2, -0.15) is 0 Å². The minimum Gasteiger partial charge on any atom is -0.289 e. The molecule has 0 saturated heterocycles. The number of carbonyl (C=O) groups is 1. The molecule has 0 bridgehead atoms. The van der Waals surface area contributed by atoms with Gasteiger partial charge >= 0.3 is 0 Å². The van der Waals surface area contributed by atoms with Crippen LogP contribution in [0.2, 0.25) is 0 Å². The Bertz CT molecular complexity index is 473. The van der Waals surface area contributed by atoms with Crippen LogP contribution >= 0.6 is 0 Å². The first-order valence-electron chi connectivity index (χ1n) is 5.83. The van der Waals surface area contributed by atoms with Crippen LogP contribution in [0.4, 0.5) is 4.39 Å². The summed E-state index contributed by atoms with van der Waals surface area (Å²) in [7, 11) is 0. The summed E-state index contributed by atoms with van der Waals surface area (Å²) >= 11 is 0. The molecule has 0 saturated carbocycles. The van der Waals surface area contributed by atoms with Crippen LogP contribution in [0.3, 0.4) is 0 Å². The van der Waals surface area contributed by atoms with E-state index < -0.39 is 5.67 Å². The molecule has 1 nitrogen and oxygen atoms in total. The summed E-state index contributed by atoms with van der Waals surface area (Å²) in [5.74, 6) is -0.0417. The monoisotopic (exact) mass is 230 g/mol. The summed E-state index contributed by atoms with van der Waals surface area (Å²) in [5.41, 5.74) is -0.0512. The third kappa shape index (κ3) is 2.52. The van der Waals surface area contributed by atoms with Crippen molar-refractivity contribution in [2.45, 2.75) is 25.4 Å². The second kappa shape index (κ2) is 4.66. The number of rotatable bonds is 3. The lowest BCUT2D eigenvalue weighted by Gasteiger charge is -2.21. The van der Waals surface area contributed by atoms with E-state index in [1.165, 1.54) is 6.08 Å². The number of hydrogen-bond donors (Lipinski definition) is 0. The Hall–Kier alpha value is -1.70. The highest BCUT2D eigenvalue weighted by molar-refractivity contribution is 6.10.